The van der Waals surface area contributed by atoms with Crippen molar-refractivity contribution in [2.45, 2.75) is 37.8 Å². The van der Waals surface area contributed by atoms with E-state index < -0.39 is 34.6 Å². The van der Waals surface area contributed by atoms with Crippen LogP contribution < -0.4 is 11.1 Å². The van der Waals surface area contributed by atoms with Gasteiger partial charge in [-0.05, 0) is 66.1 Å². The lowest BCUT2D eigenvalue weighted by Crippen LogP contribution is -2.43. The molecular formula is C24H22F3N7O. The molecule has 0 unspecified atom stereocenters. The fourth-order valence-corrected chi connectivity index (χ4v) is 4.61. The van der Waals surface area contributed by atoms with Gasteiger partial charge < -0.3 is 11.1 Å². The maximum atomic E-state index is 14.4. The van der Waals surface area contributed by atoms with Gasteiger partial charge in [-0.3, -0.25) is 9.78 Å². The third-order valence-electron chi connectivity index (χ3n) is 6.24. The van der Waals surface area contributed by atoms with Crippen molar-refractivity contribution in [3.63, 3.8) is 0 Å². The summed E-state index contributed by atoms with van der Waals surface area (Å²) in [7, 11) is 0. The molecule has 1 fully saturated rings. The summed E-state index contributed by atoms with van der Waals surface area (Å²) in [5, 5.41) is 6.54. The zero-order valence-electron chi connectivity index (χ0n) is 18.7. The minimum atomic E-state index is -0.995. The second kappa shape index (κ2) is 10.1. The van der Waals surface area contributed by atoms with Crippen LogP contribution in [0.1, 0.15) is 41.7 Å². The van der Waals surface area contributed by atoms with Crippen molar-refractivity contribution >= 4 is 11.6 Å². The number of carbonyl (C=O) groups is 1. The van der Waals surface area contributed by atoms with Crippen LogP contribution in [0.3, 0.4) is 0 Å². The minimum absolute atomic E-state index is 0.0216. The number of nitrogens with zero attached hydrogens (tertiary/aromatic N) is 5. The number of anilines is 1. The predicted molar refractivity (Wildman–Crippen MR) is 124 cm³/mol. The number of rotatable bonds is 5. The van der Waals surface area contributed by atoms with Crippen LogP contribution >= 0.6 is 0 Å². The topological polar surface area (TPSA) is 130 Å². The third-order valence-corrected chi connectivity index (χ3v) is 6.24. The number of nitrogens with two attached hydrogens (primary N) is 1. The summed E-state index contributed by atoms with van der Waals surface area (Å²) in [6, 6.07) is 6.28. The molecule has 180 valence electrons. The van der Waals surface area contributed by atoms with Crippen LogP contribution in [0.5, 0.6) is 0 Å². The summed E-state index contributed by atoms with van der Waals surface area (Å²) >= 11 is 0. The molecule has 2 heterocycles. The molecule has 0 spiro atoms. The second-order valence-electron chi connectivity index (χ2n) is 8.55. The molecule has 11 heteroatoms. The van der Waals surface area contributed by atoms with Crippen LogP contribution in [-0.4, -0.2) is 28.0 Å². The van der Waals surface area contributed by atoms with Crippen molar-refractivity contribution in [3.8, 4) is 11.3 Å². The lowest BCUT2D eigenvalue weighted by atomic mass is 9.73. The normalized spacial score (nSPS) is 21.7. The Kier molecular flexibility index (Phi) is 6.99. The van der Waals surface area contributed by atoms with Crippen LogP contribution in [0.15, 0.2) is 53.9 Å². The Balaban J connectivity index is 1.61. The van der Waals surface area contributed by atoms with Crippen molar-refractivity contribution in [2.24, 2.45) is 16.8 Å². The molecule has 1 aromatic carbocycles. The Hall–Kier alpha value is -3.95. The quantitative estimate of drug-likeness (QED) is 0.290. The van der Waals surface area contributed by atoms with Crippen molar-refractivity contribution in [3.05, 3.63) is 87.9 Å². The van der Waals surface area contributed by atoms with E-state index in [1.807, 2.05) is 6.92 Å². The van der Waals surface area contributed by atoms with Gasteiger partial charge in [0.05, 0.1) is 23.5 Å². The van der Waals surface area contributed by atoms with Crippen molar-refractivity contribution in [2.75, 3.05) is 5.32 Å². The number of hydrogen-bond acceptors (Lipinski definition) is 5. The molecule has 1 saturated carbocycles. The van der Waals surface area contributed by atoms with Gasteiger partial charge in [0.2, 0.25) is 0 Å². The highest BCUT2D eigenvalue weighted by Crippen LogP contribution is 2.39. The lowest BCUT2D eigenvalue weighted by Gasteiger charge is -2.37. The van der Waals surface area contributed by atoms with Crippen LogP contribution in [0, 0.1) is 23.4 Å². The van der Waals surface area contributed by atoms with Gasteiger partial charge in [0.15, 0.2) is 0 Å². The summed E-state index contributed by atoms with van der Waals surface area (Å²) in [6.07, 6.45) is 4.28. The van der Waals surface area contributed by atoms with E-state index in [-0.39, 0.29) is 29.6 Å². The zero-order valence-corrected chi connectivity index (χ0v) is 18.7. The smallest absolute Gasteiger partial charge is 0.274 e. The Morgan fingerprint density at radius 1 is 1.14 bits per heavy atom. The molecule has 1 aliphatic rings. The van der Waals surface area contributed by atoms with Gasteiger partial charge in [-0.2, -0.15) is 0 Å². The van der Waals surface area contributed by atoms with E-state index in [2.05, 4.69) is 25.3 Å². The SMILES string of the molecule is C[C@@H]1C[C@H](c2ccncc2NC(=O)c2ccc(F)c(-c3c(F)cccc3F)n2)C[C@H](N)[C@@H]1N=[N+]=[N-]. The van der Waals surface area contributed by atoms with Crippen LogP contribution in [0.2, 0.25) is 0 Å². The number of carbonyl (C=O) groups excluding carboxylic acids is 1. The van der Waals surface area contributed by atoms with Crippen LogP contribution in [0.25, 0.3) is 21.7 Å². The number of halogens is 3. The van der Waals surface area contributed by atoms with Crippen molar-refractivity contribution < 1.29 is 18.0 Å². The van der Waals surface area contributed by atoms with Crippen molar-refractivity contribution in [1.82, 2.24) is 9.97 Å². The fourth-order valence-electron chi connectivity index (χ4n) is 4.61. The first kappa shape index (κ1) is 24.2. The molecule has 2 aromatic heterocycles. The molecule has 8 nitrogen and oxygen atoms in total. The maximum Gasteiger partial charge on any atom is 0.274 e. The van der Waals surface area contributed by atoms with E-state index in [4.69, 9.17) is 11.3 Å². The van der Waals surface area contributed by atoms with E-state index >= 15 is 0 Å². The van der Waals surface area contributed by atoms with E-state index in [1.54, 1.807) is 12.3 Å². The molecule has 0 radical (unpaired) electrons. The first-order valence-electron chi connectivity index (χ1n) is 11.0. The molecule has 3 N–H and O–H groups in total. The highest BCUT2D eigenvalue weighted by Gasteiger charge is 2.34. The highest BCUT2D eigenvalue weighted by atomic mass is 19.1. The average Bonchev–Trinajstić information content (AvgIpc) is 2.82. The summed E-state index contributed by atoms with van der Waals surface area (Å²) in [4.78, 5) is 23.9. The van der Waals surface area contributed by atoms with Gasteiger partial charge in [0.25, 0.3) is 5.91 Å². The Morgan fingerprint density at radius 2 is 1.89 bits per heavy atom. The molecule has 1 amide bonds. The monoisotopic (exact) mass is 481 g/mol. The third kappa shape index (κ3) is 4.96. The largest absolute Gasteiger partial charge is 0.327 e. The summed E-state index contributed by atoms with van der Waals surface area (Å²) in [6.45, 7) is 1.95. The summed E-state index contributed by atoms with van der Waals surface area (Å²) in [5.41, 5.74) is 14.8. The molecule has 0 aliphatic heterocycles. The molecule has 0 bridgehead atoms. The molecule has 4 atom stereocenters. The van der Waals surface area contributed by atoms with Gasteiger partial charge in [-0.15, -0.1) is 0 Å². The highest BCUT2D eigenvalue weighted by molar-refractivity contribution is 6.03. The average molecular weight is 481 g/mol. The summed E-state index contributed by atoms with van der Waals surface area (Å²) < 4.78 is 42.8. The number of nitrogens with one attached hydrogen (secondary N) is 1. The number of hydrogen-bond donors (Lipinski definition) is 2. The van der Waals surface area contributed by atoms with Crippen LogP contribution in [-0.2, 0) is 0 Å². The Labute approximate surface area is 199 Å². The van der Waals surface area contributed by atoms with E-state index in [0.717, 1.165) is 35.9 Å². The molecule has 0 saturated heterocycles. The zero-order chi connectivity index (χ0) is 25.1. The lowest BCUT2D eigenvalue weighted by molar-refractivity contribution is 0.102. The Bertz CT molecular complexity index is 1280. The molecule has 4 rings (SSSR count). The van der Waals surface area contributed by atoms with Gasteiger partial charge in [0.1, 0.15) is 28.8 Å². The molecule has 3 aromatic rings. The van der Waals surface area contributed by atoms with E-state index in [0.29, 0.717) is 18.5 Å². The standard InChI is InChI=1S/C24H22F3N7O/c1-12-9-13(10-18(28)22(12)33-34-29)14-7-8-30-11-20(14)32-24(35)19-6-5-17(27)23(31-19)21-15(25)3-2-4-16(21)26/h2-8,11-13,18,22H,9-10,28H2,1H3,(H,32,35)/t12-,13+,18+,22-/m1/s1. The number of aromatic nitrogens is 2. The van der Waals surface area contributed by atoms with Crippen LogP contribution in [0.4, 0.5) is 18.9 Å². The molecular weight excluding hydrogens is 459 g/mol. The molecule has 1 aliphatic carbocycles. The predicted octanol–water partition coefficient (Wildman–Crippen LogP) is 5.33. The van der Waals surface area contributed by atoms with Gasteiger partial charge in [-0.1, -0.05) is 18.1 Å². The molecule has 35 heavy (non-hydrogen) atoms. The number of benzene rings is 1. The maximum absolute atomic E-state index is 14.4. The fraction of sp³-hybridized carbons (Fsp3) is 0.292. The van der Waals surface area contributed by atoms with E-state index in [1.165, 1.54) is 6.20 Å². The number of pyridine rings is 2. The number of azide groups is 1. The Morgan fingerprint density at radius 3 is 2.57 bits per heavy atom. The minimum Gasteiger partial charge on any atom is -0.327 e. The van der Waals surface area contributed by atoms with Gasteiger partial charge >= 0.3 is 0 Å². The van der Waals surface area contributed by atoms with E-state index in [9.17, 15) is 18.0 Å². The van der Waals surface area contributed by atoms with Gasteiger partial charge in [-0.25, -0.2) is 18.2 Å². The van der Waals surface area contributed by atoms with Crippen molar-refractivity contribution in [1.29, 1.82) is 0 Å². The second-order valence-corrected chi connectivity index (χ2v) is 8.55. The number of amides is 1. The van der Waals surface area contributed by atoms with Gasteiger partial charge in [0, 0.05) is 17.2 Å². The first-order valence-corrected chi connectivity index (χ1v) is 11.0. The first-order chi connectivity index (χ1) is 16.8. The summed E-state index contributed by atoms with van der Waals surface area (Å²) in [5.74, 6) is -3.67.